The Kier molecular flexibility index (Phi) is 4.94. The molecule has 0 radical (unpaired) electrons. The van der Waals surface area contributed by atoms with Crippen LogP contribution in [0.1, 0.15) is 42.9 Å². The molecule has 134 valence electrons. The maximum atomic E-state index is 10.8. The van der Waals surface area contributed by atoms with Crippen LogP contribution in [0.25, 0.3) is 0 Å². The number of H-pyrrole nitrogens is 1. The van der Waals surface area contributed by atoms with Gasteiger partial charge in [0.25, 0.3) is 0 Å². The van der Waals surface area contributed by atoms with Crippen molar-refractivity contribution in [1.29, 1.82) is 0 Å². The van der Waals surface area contributed by atoms with Gasteiger partial charge < -0.3 is 19.6 Å². The monoisotopic (exact) mass is 337 g/mol. The number of imidazole rings is 1. The van der Waals surface area contributed by atoms with Crippen molar-refractivity contribution < 1.29 is 19.4 Å². The lowest BCUT2D eigenvalue weighted by atomic mass is 9.79. The number of carboxylic acid groups (broad SMARTS) is 1. The van der Waals surface area contributed by atoms with Crippen LogP contribution in [0.2, 0.25) is 0 Å². The summed E-state index contributed by atoms with van der Waals surface area (Å²) in [6.45, 7) is 5.54. The van der Waals surface area contributed by atoms with Gasteiger partial charge in [0.15, 0.2) is 0 Å². The average Bonchev–Trinajstić information content (AvgIpc) is 3.06. The molecule has 2 heterocycles. The van der Waals surface area contributed by atoms with Gasteiger partial charge in [-0.1, -0.05) is 0 Å². The highest BCUT2D eigenvalue weighted by molar-refractivity contribution is 5.68. The molecule has 7 nitrogen and oxygen atoms in total. The Morgan fingerprint density at radius 1 is 1.46 bits per heavy atom. The number of aliphatic carboxylic acids is 1. The molecule has 0 bridgehead atoms. The third-order valence-electron chi connectivity index (χ3n) is 5.62. The SMILES string of the molecule is CO[C@@]12CC[C@@H](OCC(=O)O)C[C@@H]1N(Cc1nc(C)c(C)[nH]1)CC2. The second kappa shape index (κ2) is 6.82. The number of hydrogen-bond donors (Lipinski definition) is 2. The highest BCUT2D eigenvalue weighted by Crippen LogP contribution is 2.43. The molecule has 2 N–H and O–H groups in total. The van der Waals surface area contributed by atoms with Crippen molar-refractivity contribution in [3.8, 4) is 0 Å². The molecule has 2 aliphatic rings. The first kappa shape index (κ1) is 17.4. The summed E-state index contributed by atoms with van der Waals surface area (Å²) in [6, 6.07) is 0.237. The third-order valence-corrected chi connectivity index (χ3v) is 5.62. The van der Waals surface area contributed by atoms with Crippen LogP contribution in [0.3, 0.4) is 0 Å². The smallest absolute Gasteiger partial charge is 0.329 e. The zero-order valence-electron chi connectivity index (χ0n) is 14.7. The highest BCUT2D eigenvalue weighted by Gasteiger charge is 2.51. The number of nitrogens with one attached hydrogen (secondary N) is 1. The number of aromatic amines is 1. The number of carboxylic acids is 1. The first-order chi connectivity index (χ1) is 11.4. The van der Waals surface area contributed by atoms with E-state index < -0.39 is 5.97 Å². The number of ether oxygens (including phenoxy) is 2. The quantitative estimate of drug-likeness (QED) is 0.820. The Balaban J connectivity index is 1.70. The maximum absolute atomic E-state index is 10.8. The Morgan fingerprint density at radius 3 is 2.88 bits per heavy atom. The molecule has 3 rings (SSSR count). The minimum Gasteiger partial charge on any atom is -0.480 e. The van der Waals surface area contributed by atoms with Gasteiger partial charge in [0.2, 0.25) is 0 Å². The van der Waals surface area contributed by atoms with Gasteiger partial charge in [-0.05, 0) is 39.5 Å². The average molecular weight is 337 g/mol. The van der Waals surface area contributed by atoms with Crippen LogP contribution < -0.4 is 0 Å². The first-order valence-corrected chi connectivity index (χ1v) is 8.58. The minimum atomic E-state index is -0.914. The lowest BCUT2D eigenvalue weighted by molar-refractivity contribution is -0.148. The predicted molar refractivity (Wildman–Crippen MR) is 87.8 cm³/mol. The molecule has 24 heavy (non-hydrogen) atoms. The molecule has 0 spiro atoms. The molecular formula is C17H27N3O4. The van der Waals surface area contributed by atoms with Gasteiger partial charge in [-0.15, -0.1) is 0 Å². The van der Waals surface area contributed by atoms with Crippen molar-refractivity contribution in [3.63, 3.8) is 0 Å². The van der Waals surface area contributed by atoms with E-state index in [1.165, 1.54) is 0 Å². The van der Waals surface area contributed by atoms with Crippen molar-refractivity contribution >= 4 is 5.97 Å². The van der Waals surface area contributed by atoms with Gasteiger partial charge in [-0.25, -0.2) is 9.78 Å². The third kappa shape index (κ3) is 3.34. The zero-order chi connectivity index (χ0) is 17.3. The van der Waals surface area contributed by atoms with Gasteiger partial charge in [-0.2, -0.15) is 0 Å². The van der Waals surface area contributed by atoms with Crippen LogP contribution in [-0.4, -0.2) is 64.0 Å². The van der Waals surface area contributed by atoms with E-state index in [1.807, 2.05) is 13.8 Å². The van der Waals surface area contributed by atoms with Crippen molar-refractivity contribution in [2.24, 2.45) is 0 Å². The van der Waals surface area contributed by atoms with E-state index >= 15 is 0 Å². The number of fused-ring (bicyclic) bond motifs is 1. The van der Waals surface area contributed by atoms with E-state index in [4.69, 9.17) is 14.6 Å². The number of aryl methyl sites for hydroxylation is 2. The van der Waals surface area contributed by atoms with Gasteiger partial charge in [0, 0.05) is 25.4 Å². The predicted octanol–water partition coefficient (Wildman–Crippen LogP) is 1.64. The normalized spacial score (nSPS) is 30.5. The first-order valence-electron chi connectivity index (χ1n) is 8.58. The largest absolute Gasteiger partial charge is 0.480 e. The lowest BCUT2D eigenvalue weighted by Gasteiger charge is -2.43. The molecule has 1 aliphatic heterocycles. The van der Waals surface area contributed by atoms with Crippen LogP contribution >= 0.6 is 0 Å². The van der Waals surface area contributed by atoms with Crippen molar-refractivity contribution in [1.82, 2.24) is 14.9 Å². The molecule has 1 aromatic rings. The summed E-state index contributed by atoms with van der Waals surface area (Å²) < 4.78 is 11.5. The van der Waals surface area contributed by atoms with Crippen LogP contribution in [0.4, 0.5) is 0 Å². The van der Waals surface area contributed by atoms with E-state index in [0.29, 0.717) is 0 Å². The Morgan fingerprint density at radius 2 is 2.25 bits per heavy atom. The van der Waals surface area contributed by atoms with Gasteiger partial charge in [0.1, 0.15) is 12.4 Å². The number of methoxy groups -OCH3 is 1. The molecule has 1 saturated heterocycles. The van der Waals surface area contributed by atoms with E-state index in [0.717, 1.165) is 56.0 Å². The minimum absolute atomic E-state index is 0.0185. The Hall–Kier alpha value is -1.44. The molecular weight excluding hydrogens is 310 g/mol. The topological polar surface area (TPSA) is 87.7 Å². The Labute approximate surface area is 142 Å². The van der Waals surface area contributed by atoms with Gasteiger partial charge in [-0.3, -0.25) is 4.90 Å². The second-order valence-electron chi connectivity index (χ2n) is 7.00. The summed E-state index contributed by atoms with van der Waals surface area (Å²) >= 11 is 0. The van der Waals surface area contributed by atoms with E-state index in [1.54, 1.807) is 7.11 Å². The molecule has 1 aliphatic carbocycles. The highest BCUT2D eigenvalue weighted by atomic mass is 16.5. The molecule has 0 aromatic carbocycles. The van der Waals surface area contributed by atoms with Gasteiger partial charge in [0.05, 0.1) is 23.9 Å². The maximum Gasteiger partial charge on any atom is 0.329 e. The van der Waals surface area contributed by atoms with Crippen molar-refractivity contribution in [3.05, 3.63) is 17.2 Å². The van der Waals surface area contributed by atoms with E-state index in [-0.39, 0.29) is 24.4 Å². The molecule has 3 atom stereocenters. The lowest BCUT2D eigenvalue weighted by Crippen LogP contribution is -2.51. The summed E-state index contributed by atoms with van der Waals surface area (Å²) in [6.07, 6.45) is 3.54. The molecule has 0 amide bonds. The summed E-state index contributed by atoms with van der Waals surface area (Å²) in [5.41, 5.74) is 2.00. The molecule has 7 heteroatoms. The number of likely N-dealkylation sites (tertiary alicyclic amines) is 1. The van der Waals surface area contributed by atoms with E-state index in [2.05, 4.69) is 14.9 Å². The molecule has 1 saturated carbocycles. The fourth-order valence-corrected chi connectivity index (χ4v) is 4.17. The van der Waals surface area contributed by atoms with Crippen LogP contribution in [0.5, 0.6) is 0 Å². The standard InChI is InChI=1S/C17H27N3O4/c1-11-12(2)19-15(18-11)9-20-7-6-17(23-3)5-4-13(8-14(17)20)24-10-16(21)22/h13-14H,4-10H2,1-3H3,(H,18,19)(H,21,22)/t13-,14+,17-/m1/s1. The van der Waals surface area contributed by atoms with Crippen molar-refractivity contribution in [2.75, 3.05) is 20.3 Å². The van der Waals surface area contributed by atoms with Crippen LogP contribution in [0, 0.1) is 13.8 Å². The summed E-state index contributed by atoms with van der Waals surface area (Å²) in [5.74, 6) is 0.0638. The number of hydrogen-bond acceptors (Lipinski definition) is 5. The molecule has 1 aromatic heterocycles. The Bertz CT molecular complexity index is 583. The van der Waals surface area contributed by atoms with Crippen LogP contribution in [-0.2, 0) is 20.8 Å². The fourth-order valence-electron chi connectivity index (χ4n) is 4.17. The number of nitrogens with zero attached hydrogens (tertiary/aromatic N) is 2. The molecule has 0 unspecified atom stereocenters. The number of aromatic nitrogens is 2. The molecule has 2 fully saturated rings. The summed E-state index contributed by atoms with van der Waals surface area (Å²) in [5, 5.41) is 8.83. The van der Waals surface area contributed by atoms with E-state index in [9.17, 15) is 4.79 Å². The van der Waals surface area contributed by atoms with Gasteiger partial charge >= 0.3 is 5.97 Å². The zero-order valence-corrected chi connectivity index (χ0v) is 14.7. The van der Waals surface area contributed by atoms with Crippen molar-refractivity contribution in [2.45, 2.75) is 63.8 Å². The summed E-state index contributed by atoms with van der Waals surface area (Å²) in [7, 11) is 1.79. The number of carbonyl (C=O) groups is 1. The van der Waals surface area contributed by atoms with Crippen LogP contribution in [0.15, 0.2) is 0 Å². The summed E-state index contributed by atoms with van der Waals surface area (Å²) in [4.78, 5) is 21.1. The number of rotatable bonds is 6. The second-order valence-corrected chi connectivity index (χ2v) is 7.00. The fraction of sp³-hybridized carbons (Fsp3) is 0.765.